The van der Waals surface area contributed by atoms with Crippen molar-refractivity contribution in [2.45, 2.75) is 37.1 Å². The zero-order valence-corrected chi connectivity index (χ0v) is 11.0. The summed E-state index contributed by atoms with van der Waals surface area (Å²) in [6, 6.07) is 1.57. The van der Waals surface area contributed by atoms with Gasteiger partial charge in [-0.05, 0) is 25.3 Å². The standard InChI is InChI=1S/C11H17N3O3S/c1-2-5-13-11(15)10-6-9(18(12,16)17)7-14(10)8-3-4-8/h6-8H,2-5H2,1H3,(H,13,15)(H2,12,16,17). The molecule has 1 amide bonds. The van der Waals surface area contributed by atoms with Crippen LogP contribution in [0.5, 0.6) is 0 Å². The van der Waals surface area contributed by atoms with E-state index in [0.29, 0.717) is 12.2 Å². The van der Waals surface area contributed by atoms with Gasteiger partial charge in [-0.25, -0.2) is 13.6 Å². The smallest absolute Gasteiger partial charge is 0.267 e. The van der Waals surface area contributed by atoms with E-state index in [4.69, 9.17) is 5.14 Å². The number of hydrogen-bond donors (Lipinski definition) is 2. The lowest BCUT2D eigenvalue weighted by atomic mass is 10.3. The molecule has 1 heterocycles. The molecule has 0 atom stereocenters. The Morgan fingerprint density at radius 3 is 2.72 bits per heavy atom. The Morgan fingerprint density at radius 1 is 1.56 bits per heavy atom. The summed E-state index contributed by atoms with van der Waals surface area (Å²) in [5.41, 5.74) is 0.370. The molecule has 0 bridgehead atoms. The minimum atomic E-state index is -3.77. The second kappa shape index (κ2) is 4.74. The first kappa shape index (κ1) is 13.1. The Balaban J connectivity index is 2.33. The highest BCUT2D eigenvalue weighted by Crippen LogP contribution is 2.37. The van der Waals surface area contributed by atoms with Gasteiger partial charge in [0.2, 0.25) is 10.0 Å². The van der Waals surface area contributed by atoms with Crippen LogP contribution < -0.4 is 10.5 Å². The molecule has 1 fully saturated rings. The number of nitrogens with one attached hydrogen (secondary N) is 1. The predicted octanol–water partition coefficient (Wildman–Crippen LogP) is 0.610. The molecular weight excluding hydrogens is 254 g/mol. The largest absolute Gasteiger partial charge is 0.351 e. The van der Waals surface area contributed by atoms with Gasteiger partial charge in [-0.2, -0.15) is 0 Å². The third-order valence-electron chi connectivity index (χ3n) is 2.86. The monoisotopic (exact) mass is 271 g/mol. The van der Waals surface area contributed by atoms with Crippen molar-refractivity contribution in [3.63, 3.8) is 0 Å². The van der Waals surface area contributed by atoms with E-state index in [2.05, 4.69) is 5.32 Å². The summed E-state index contributed by atoms with van der Waals surface area (Å²) in [5, 5.41) is 7.83. The molecule has 6 nitrogen and oxygen atoms in total. The van der Waals surface area contributed by atoms with Crippen molar-refractivity contribution in [1.82, 2.24) is 9.88 Å². The number of hydrogen-bond acceptors (Lipinski definition) is 3. The fraction of sp³-hybridized carbons (Fsp3) is 0.545. The van der Waals surface area contributed by atoms with Gasteiger partial charge in [0.25, 0.3) is 5.91 Å². The maximum atomic E-state index is 11.9. The molecule has 0 aromatic carbocycles. The van der Waals surface area contributed by atoms with Crippen LogP contribution in [0.3, 0.4) is 0 Å². The predicted molar refractivity (Wildman–Crippen MR) is 66.7 cm³/mol. The quantitative estimate of drug-likeness (QED) is 0.821. The Labute approximate surface area is 106 Å². The fourth-order valence-electron chi connectivity index (χ4n) is 1.78. The number of carbonyl (C=O) groups is 1. The van der Waals surface area contributed by atoms with E-state index in [1.165, 1.54) is 12.3 Å². The zero-order valence-electron chi connectivity index (χ0n) is 10.2. The molecule has 18 heavy (non-hydrogen) atoms. The van der Waals surface area contributed by atoms with Crippen molar-refractivity contribution in [2.24, 2.45) is 5.14 Å². The Hall–Kier alpha value is -1.34. The number of carbonyl (C=O) groups excluding carboxylic acids is 1. The third-order valence-corrected chi connectivity index (χ3v) is 3.74. The highest BCUT2D eigenvalue weighted by atomic mass is 32.2. The minimum Gasteiger partial charge on any atom is -0.351 e. The lowest BCUT2D eigenvalue weighted by Crippen LogP contribution is -2.26. The molecule has 0 spiro atoms. The summed E-state index contributed by atoms with van der Waals surface area (Å²) in [7, 11) is -3.77. The van der Waals surface area contributed by atoms with Crippen LogP contribution in [0.1, 0.15) is 42.7 Å². The van der Waals surface area contributed by atoms with Gasteiger partial charge in [0.05, 0.1) is 0 Å². The second-order valence-electron chi connectivity index (χ2n) is 4.50. The fourth-order valence-corrected chi connectivity index (χ4v) is 2.31. The minimum absolute atomic E-state index is 0.00366. The van der Waals surface area contributed by atoms with Crippen LogP contribution in [0.2, 0.25) is 0 Å². The average molecular weight is 271 g/mol. The molecule has 1 aliphatic rings. The summed E-state index contributed by atoms with van der Waals surface area (Å²) in [4.78, 5) is 11.9. The van der Waals surface area contributed by atoms with Crippen molar-refractivity contribution in [2.75, 3.05) is 6.54 Å². The van der Waals surface area contributed by atoms with Gasteiger partial charge in [0.15, 0.2) is 0 Å². The number of nitrogens with two attached hydrogens (primary N) is 1. The molecule has 1 aromatic rings. The van der Waals surface area contributed by atoms with Gasteiger partial charge >= 0.3 is 0 Å². The second-order valence-corrected chi connectivity index (χ2v) is 6.06. The highest BCUT2D eigenvalue weighted by Gasteiger charge is 2.29. The van der Waals surface area contributed by atoms with E-state index < -0.39 is 10.0 Å². The summed E-state index contributed by atoms with van der Waals surface area (Å²) in [6.45, 7) is 2.52. The SMILES string of the molecule is CCCNC(=O)c1cc(S(N)(=O)=O)cn1C1CC1. The number of rotatable bonds is 5. The van der Waals surface area contributed by atoms with Crippen LogP contribution in [0.15, 0.2) is 17.2 Å². The molecule has 0 unspecified atom stereocenters. The van der Waals surface area contributed by atoms with E-state index in [0.717, 1.165) is 19.3 Å². The number of aromatic nitrogens is 1. The topological polar surface area (TPSA) is 94.2 Å². The number of amides is 1. The molecule has 0 aliphatic heterocycles. The summed E-state index contributed by atoms with van der Waals surface area (Å²) in [6.07, 6.45) is 4.21. The Bertz CT molecular complexity index is 558. The zero-order chi connectivity index (χ0) is 13.3. The number of primary sulfonamides is 1. The highest BCUT2D eigenvalue weighted by molar-refractivity contribution is 7.89. The van der Waals surface area contributed by atoms with Crippen LogP contribution in [-0.2, 0) is 10.0 Å². The van der Waals surface area contributed by atoms with Crippen molar-refractivity contribution in [3.05, 3.63) is 18.0 Å². The molecular formula is C11H17N3O3S. The van der Waals surface area contributed by atoms with Crippen LogP contribution in [0, 0.1) is 0 Å². The van der Waals surface area contributed by atoms with Crippen molar-refractivity contribution >= 4 is 15.9 Å². The maximum Gasteiger partial charge on any atom is 0.267 e. The first-order chi connectivity index (χ1) is 8.43. The molecule has 7 heteroatoms. The van der Waals surface area contributed by atoms with Gasteiger partial charge in [-0.15, -0.1) is 0 Å². The van der Waals surface area contributed by atoms with E-state index in [1.807, 2.05) is 6.92 Å². The van der Waals surface area contributed by atoms with E-state index >= 15 is 0 Å². The first-order valence-electron chi connectivity index (χ1n) is 5.96. The summed E-state index contributed by atoms with van der Waals surface area (Å²) in [5.74, 6) is -0.251. The van der Waals surface area contributed by atoms with Crippen molar-refractivity contribution in [1.29, 1.82) is 0 Å². The van der Waals surface area contributed by atoms with Gasteiger partial charge in [0, 0.05) is 18.8 Å². The molecule has 1 aromatic heterocycles. The summed E-state index contributed by atoms with van der Waals surface area (Å²) < 4.78 is 24.3. The Morgan fingerprint density at radius 2 is 2.22 bits per heavy atom. The van der Waals surface area contributed by atoms with Gasteiger partial charge < -0.3 is 9.88 Å². The summed E-state index contributed by atoms with van der Waals surface area (Å²) >= 11 is 0. The van der Waals surface area contributed by atoms with E-state index in [1.54, 1.807) is 4.57 Å². The van der Waals surface area contributed by atoms with Crippen molar-refractivity contribution in [3.8, 4) is 0 Å². The average Bonchev–Trinajstić information content (AvgIpc) is 3.03. The molecule has 1 saturated carbocycles. The molecule has 1 aliphatic carbocycles. The molecule has 100 valence electrons. The van der Waals surface area contributed by atoms with Crippen LogP contribution in [0.4, 0.5) is 0 Å². The van der Waals surface area contributed by atoms with Gasteiger partial charge in [0.1, 0.15) is 10.6 Å². The number of sulfonamides is 1. The first-order valence-corrected chi connectivity index (χ1v) is 7.51. The van der Waals surface area contributed by atoms with Crippen molar-refractivity contribution < 1.29 is 13.2 Å². The maximum absolute atomic E-state index is 11.9. The van der Waals surface area contributed by atoms with Crippen LogP contribution in [0.25, 0.3) is 0 Å². The third kappa shape index (κ3) is 2.73. The lowest BCUT2D eigenvalue weighted by molar-refractivity contribution is 0.0944. The van der Waals surface area contributed by atoms with E-state index in [-0.39, 0.29) is 16.8 Å². The van der Waals surface area contributed by atoms with E-state index in [9.17, 15) is 13.2 Å². The molecule has 2 rings (SSSR count). The molecule has 0 saturated heterocycles. The molecule has 3 N–H and O–H groups in total. The molecule has 0 radical (unpaired) electrons. The number of nitrogens with zero attached hydrogens (tertiary/aromatic N) is 1. The van der Waals surface area contributed by atoms with Gasteiger partial charge in [-0.1, -0.05) is 6.92 Å². The Kier molecular flexibility index (Phi) is 3.45. The van der Waals surface area contributed by atoms with Gasteiger partial charge in [-0.3, -0.25) is 4.79 Å². The lowest BCUT2D eigenvalue weighted by Gasteiger charge is -2.07. The van der Waals surface area contributed by atoms with Crippen LogP contribution >= 0.6 is 0 Å². The van der Waals surface area contributed by atoms with Crippen LogP contribution in [-0.4, -0.2) is 25.4 Å². The normalized spacial score (nSPS) is 15.7.